The van der Waals surface area contributed by atoms with Crippen molar-refractivity contribution in [2.45, 2.75) is 59.2 Å². The van der Waals surface area contributed by atoms with Gasteiger partial charge in [0, 0.05) is 0 Å². The van der Waals surface area contributed by atoms with Crippen LogP contribution in [0.3, 0.4) is 0 Å². The molecule has 1 saturated carbocycles. The zero-order valence-electron chi connectivity index (χ0n) is 9.83. The second-order valence-electron chi connectivity index (χ2n) is 5.55. The summed E-state index contributed by atoms with van der Waals surface area (Å²) in [6, 6.07) is 0. The Morgan fingerprint density at radius 1 is 1.29 bits per heavy atom. The zero-order valence-corrected chi connectivity index (χ0v) is 9.83. The minimum atomic E-state index is -0.315. The normalized spacial score (nSPS) is 41.4. The van der Waals surface area contributed by atoms with E-state index < -0.39 is 0 Å². The third-order valence-corrected chi connectivity index (χ3v) is 4.08. The van der Waals surface area contributed by atoms with Gasteiger partial charge in [-0.25, -0.2) is 0 Å². The summed E-state index contributed by atoms with van der Waals surface area (Å²) >= 11 is 0. The highest BCUT2D eigenvalue weighted by Crippen LogP contribution is 2.43. The molecule has 0 aromatic heterocycles. The lowest BCUT2D eigenvalue weighted by Gasteiger charge is -2.43. The molecule has 0 amide bonds. The van der Waals surface area contributed by atoms with Gasteiger partial charge in [0.15, 0.2) is 0 Å². The summed E-state index contributed by atoms with van der Waals surface area (Å²) in [7, 11) is 0. The number of hydrogen-bond acceptors (Lipinski definition) is 2. The third-order valence-electron chi connectivity index (χ3n) is 4.08. The van der Waals surface area contributed by atoms with Gasteiger partial charge in [0.05, 0.1) is 12.2 Å². The van der Waals surface area contributed by atoms with Gasteiger partial charge in [-0.15, -0.1) is 0 Å². The van der Waals surface area contributed by atoms with E-state index in [2.05, 4.69) is 20.8 Å². The van der Waals surface area contributed by atoms with E-state index in [0.29, 0.717) is 11.8 Å². The Labute approximate surface area is 87.3 Å². The van der Waals surface area contributed by atoms with Crippen molar-refractivity contribution in [2.24, 2.45) is 17.3 Å². The first-order chi connectivity index (χ1) is 6.37. The topological polar surface area (TPSA) is 40.5 Å². The van der Waals surface area contributed by atoms with Crippen LogP contribution < -0.4 is 0 Å². The Balaban J connectivity index is 2.63. The lowest BCUT2D eigenvalue weighted by molar-refractivity contribution is -0.0610. The summed E-state index contributed by atoms with van der Waals surface area (Å²) in [6.45, 7) is 8.25. The van der Waals surface area contributed by atoms with E-state index in [1.165, 1.54) is 0 Å². The molecule has 1 unspecified atom stereocenters. The summed E-state index contributed by atoms with van der Waals surface area (Å²) in [6.07, 6.45) is 2.27. The Kier molecular flexibility index (Phi) is 3.59. The highest BCUT2D eigenvalue weighted by molar-refractivity contribution is 4.91. The summed E-state index contributed by atoms with van der Waals surface area (Å²) in [5, 5.41) is 19.7. The molecule has 84 valence electrons. The molecule has 1 rings (SSSR count). The Morgan fingerprint density at radius 3 is 2.21 bits per heavy atom. The first-order valence-electron chi connectivity index (χ1n) is 5.73. The van der Waals surface area contributed by atoms with Crippen LogP contribution in [0.2, 0.25) is 0 Å². The molecule has 1 aliphatic rings. The molecule has 2 N–H and O–H groups in total. The van der Waals surface area contributed by atoms with Crippen molar-refractivity contribution >= 4 is 0 Å². The van der Waals surface area contributed by atoms with Crippen molar-refractivity contribution in [2.75, 3.05) is 0 Å². The molecule has 0 aromatic carbocycles. The van der Waals surface area contributed by atoms with Crippen LogP contribution in [0.1, 0.15) is 47.0 Å². The van der Waals surface area contributed by atoms with Gasteiger partial charge >= 0.3 is 0 Å². The molecule has 14 heavy (non-hydrogen) atoms. The van der Waals surface area contributed by atoms with E-state index in [1.807, 2.05) is 6.92 Å². The van der Waals surface area contributed by atoms with Gasteiger partial charge in [-0.1, -0.05) is 20.8 Å². The maximum Gasteiger partial charge on any atom is 0.0577 e. The van der Waals surface area contributed by atoms with Crippen LogP contribution in [0.5, 0.6) is 0 Å². The molecular formula is C12H24O2. The van der Waals surface area contributed by atoms with Crippen LogP contribution in [-0.4, -0.2) is 22.4 Å². The van der Waals surface area contributed by atoms with Crippen molar-refractivity contribution in [3.05, 3.63) is 0 Å². The second kappa shape index (κ2) is 4.19. The standard InChI is InChI=1S/C12H24O2/c1-8(2)10-5-6-12(4,9(3)13)7-11(10)14/h8-11,13-14H,5-7H2,1-4H3/t9?,10-,11+,12+/m0/s1. The van der Waals surface area contributed by atoms with Gasteiger partial charge in [-0.05, 0) is 43.4 Å². The van der Waals surface area contributed by atoms with E-state index in [-0.39, 0.29) is 17.6 Å². The number of aliphatic hydroxyl groups excluding tert-OH is 2. The van der Waals surface area contributed by atoms with Crippen LogP contribution in [0.25, 0.3) is 0 Å². The molecule has 4 atom stereocenters. The SMILES string of the molecule is CC(C)[C@@H]1CC[C@@](C)(C(C)O)C[C@H]1O. The van der Waals surface area contributed by atoms with E-state index in [0.717, 1.165) is 19.3 Å². The minimum Gasteiger partial charge on any atom is -0.393 e. The zero-order chi connectivity index (χ0) is 10.9. The Bertz CT molecular complexity index is 189. The monoisotopic (exact) mass is 200 g/mol. The molecule has 0 bridgehead atoms. The predicted octanol–water partition coefficient (Wildman–Crippen LogP) is 2.19. The predicted molar refractivity (Wildman–Crippen MR) is 58.0 cm³/mol. The quantitative estimate of drug-likeness (QED) is 0.717. The van der Waals surface area contributed by atoms with E-state index in [4.69, 9.17) is 0 Å². The molecule has 0 aliphatic heterocycles. The van der Waals surface area contributed by atoms with Gasteiger partial charge in [0.2, 0.25) is 0 Å². The molecule has 2 heteroatoms. The van der Waals surface area contributed by atoms with Crippen LogP contribution in [0, 0.1) is 17.3 Å². The van der Waals surface area contributed by atoms with Gasteiger partial charge in [0.1, 0.15) is 0 Å². The van der Waals surface area contributed by atoms with Gasteiger partial charge < -0.3 is 10.2 Å². The summed E-state index contributed by atoms with van der Waals surface area (Å²) in [4.78, 5) is 0. The van der Waals surface area contributed by atoms with Crippen molar-refractivity contribution in [1.29, 1.82) is 0 Å². The summed E-state index contributed by atoms with van der Waals surface area (Å²) in [5.41, 5.74) is -0.0786. The number of aliphatic hydroxyl groups is 2. The molecule has 1 aliphatic carbocycles. The van der Waals surface area contributed by atoms with Crippen LogP contribution in [0.4, 0.5) is 0 Å². The lowest BCUT2D eigenvalue weighted by Crippen LogP contribution is -2.42. The molecule has 0 heterocycles. The fraction of sp³-hybridized carbons (Fsp3) is 1.00. The average Bonchev–Trinajstić information content (AvgIpc) is 2.02. The summed E-state index contributed by atoms with van der Waals surface area (Å²) in [5.74, 6) is 0.963. The van der Waals surface area contributed by atoms with E-state index in [9.17, 15) is 10.2 Å². The van der Waals surface area contributed by atoms with E-state index in [1.54, 1.807) is 0 Å². The molecule has 0 radical (unpaired) electrons. The van der Waals surface area contributed by atoms with Crippen molar-refractivity contribution in [1.82, 2.24) is 0 Å². The molecule has 0 aromatic rings. The molecule has 0 saturated heterocycles. The van der Waals surface area contributed by atoms with Crippen molar-refractivity contribution < 1.29 is 10.2 Å². The molecular weight excluding hydrogens is 176 g/mol. The molecule has 1 fully saturated rings. The molecule has 2 nitrogen and oxygen atoms in total. The highest BCUT2D eigenvalue weighted by atomic mass is 16.3. The lowest BCUT2D eigenvalue weighted by atomic mass is 9.65. The van der Waals surface area contributed by atoms with Crippen molar-refractivity contribution in [3.8, 4) is 0 Å². The Hall–Kier alpha value is -0.0800. The fourth-order valence-electron chi connectivity index (χ4n) is 2.58. The third kappa shape index (κ3) is 2.29. The number of rotatable bonds is 2. The van der Waals surface area contributed by atoms with Crippen LogP contribution >= 0.6 is 0 Å². The maximum atomic E-state index is 10.0. The molecule has 0 spiro atoms. The summed E-state index contributed by atoms with van der Waals surface area (Å²) < 4.78 is 0. The minimum absolute atomic E-state index is 0.0786. The maximum absolute atomic E-state index is 10.0. The first kappa shape index (κ1) is 12.0. The van der Waals surface area contributed by atoms with Crippen molar-refractivity contribution in [3.63, 3.8) is 0 Å². The highest BCUT2D eigenvalue weighted by Gasteiger charge is 2.40. The fourth-order valence-corrected chi connectivity index (χ4v) is 2.58. The van der Waals surface area contributed by atoms with Gasteiger partial charge in [-0.3, -0.25) is 0 Å². The smallest absolute Gasteiger partial charge is 0.0577 e. The Morgan fingerprint density at radius 2 is 1.86 bits per heavy atom. The first-order valence-corrected chi connectivity index (χ1v) is 5.73. The van der Waals surface area contributed by atoms with E-state index >= 15 is 0 Å². The largest absolute Gasteiger partial charge is 0.393 e. The van der Waals surface area contributed by atoms with Crippen LogP contribution in [0.15, 0.2) is 0 Å². The van der Waals surface area contributed by atoms with Gasteiger partial charge in [-0.2, -0.15) is 0 Å². The average molecular weight is 200 g/mol. The number of hydrogen-bond donors (Lipinski definition) is 2. The second-order valence-corrected chi connectivity index (χ2v) is 5.55. The van der Waals surface area contributed by atoms with Crippen LogP contribution in [-0.2, 0) is 0 Å². The van der Waals surface area contributed by atoms with Gasteiger partial charge in [0.25, 0.3) is 0 Å².